The van der Waals surface area contributed by atoms with E-state index in [0.717, 1.165) is 31.2 Å². The predicted molar refractivity (Wildman–Crippen MR) is 75.1 cm³/mol. The van der Waals surface area contributed by atoms with Crippen LogP contribution >= 0.6 is 0 Å². The number of H-pyrrole nitrogens is 1. The van der Waals surface area contributed by atoms with Gasteiger partial charge in [0.15, 0.2) is 0 Å². The van der Waals surface area contributed by atoms with Gasteiger partial charge in [-0.2, -0.15) is 0 Å². The summed E-state index contributed by atoms with van der Waals surface area (Å²) in [6, 6.07) is 6.46. The molecule has 1 aromatic heterocycles. The van der Waals surface area contributed by atoms with Gasteiger partial charge in [0.2, 0.25) is 0 Å². The molecule has 19 heavy (non-hydrogen) atoms. The summed E-state index contributed by atoms with van der Waals surface area (Å²) in [5.74, 6) is 0.906. The van der Waals surface area contributed by atoms with Crippen LogP contribution in [0.3, 0.4) is 0 Å². The molecule has 0 bridgehead atoms. The molecule has 2 N–H and O–H groups in total. The number of aromatic nitrogens is 2. The number of nitrogens with zero attached hydrogens (tertiary/aromatic N) is 1. The van der Waals surface area contributed by atoms with Crippen molar-refractivity contribution in [1.82, 2.24) is 15.3 Å². The molecule has 1 saturated heterocycles. The first-order chi connectivity index (χ1) is 9.24. The van der Waals surface area contributed by atoms with Crippen LogP contribution in [0.25, 0.3) is 11.3 Å². The number of imidazole rings is 1. The van der Waals surface area contributed by atoms with Crippen molar-refractivity contribution in [2.24, 2.45) is 0 Å². The van der Waals surface area contributed by atoms with E-state index in [1.807, 2.05) is 6.20 Å². The van der Waals surface area contributed by atoms with Crippen molar-refractivity contribution in [2.75, 3.05) is 19.7 Å². The van der Waals surface area contributed by atoms with Gasteiger partial charge in [-0.25, -0.2) is 4.98 Å². The van der Waals surface area contributed by atoms with Gasteiger partial charge in [0, 0.05) is 18.7 Å². The zero-order chi connectivity index (χ0) is 13.2. The normalized spacial score (nSPS) is 19.6. The molecule has 100 valence electrons. The summed E-state index contributed by atoms with van der Waals surface area (Å²) in [7, 11) is 0. The third-order valence-electron chi connectivity index (χ3n) is 3.51. The van der Waals surface area contributed by atoms with Gasteiger partial charge >= 0.3 is 0 Å². The maximum Gasteiger partial charge on any atom is 0.137 e. The standard InChI is InChI=1S/C15H19N3O/c1-10-3-4-11(2)12(7-10)13-8-17-15(18-13)14-9-16-5-6-19-14/h3-4,7-8,14,16H,5-6,9H2,1-2H3,(H,17,18). The summed E-state index contributed by atoms with van der Waals surface area (Å²) in [6.07, 6.45) is 1.93. The summed E-state index contributed by atoms with van der Waals surface area (Å²) in [5, 5.41) is 3.32. The fourth-order valence-electron chi connectivity index (χ4n) is 2.40. The first-order valence-electron chi connectivity index (χ1n) is 6.69. The Kier molecular flexibility index (Phi) is 3.36. The largest absolute Gasteiger partial charge is 0.368 e. The Morgan fingerprint density at radius 1 is 1.32 bits per heavy atom. The number of rotatable bonds is 2. The predicted octanol–water partition coefficient (Wildman–Crippen LogP) is 2.35. The van der Waals surface area contributed by atoms with Gasteiger partial charge in [0.05, 0.1) is 18.5 Å². The first-order valence-corrected chi connectivity index (χ1v) is 6.69. The molecule has 1 aliphatic heterocycles. The van der Waals surface area contributed by atoms with Crippen LogP contribution in [0.2, 0.25) is 0 Å². The smallest absolute Gasteiger partial charge is 0.137 e. The Labute approximate surface area is 113 Å². The number of hydrogen-bond donors (Lipinski definition) is 2. The van der Waals surface area contributed by atoms with Gasteiger partial charge in [-0.1, -0.05) is 17.7 Å². The molecule has 4 nitrogen and oxygen atoms in total. The summed E-state index contributed by atoms with van der Waals surface area (Å²) in [5.41, 5.74) is 4.78. The van der Waals surface area contributed by atoms with Crippen LogP contribution in [0.15, 0.2) is 24.4 Å². The van der Waals surface area contributed by atoms with Crippen molar-refractivity contribution in [2.45, 2.75) is 20.0 Å². The lowest BCUT2D eigenvalue weighted by Crippen LogP contribution is -2.33. The monoisotopic (exact) mass is 257 g/mol. The van der Waals surface area contributed by atoms with Crippen LogP contribution in [0, 0.1) is 13.8 Å². The third kappa shape index (κ3) is 2.55. The van der Waals surface area contributed by atoms with Crippen LogP contribution in [-0.4, -0.2) is 29.7 Å². The molecule has 2 aromatic rings. The molecule has 0 saturated carbocycles. The van der Waals surface area contributed by atoms with E-state index >= 15 is 0 Å². The molecule has 4 heteroatoms. The zero-order valence-corrected chi connectivity index (χ0v) is 11.4. The number of aromatic amines is 1. The van der Waals surface area contributed by atoms with Gasteiger partial charge in [-0.05, 0) is 25.5 Å². The van der Waals surface area contributed by atoms with E-state index in [-0.39, 0.29) is 6.10 Å². The van der Waals surface area contributed by atoms with E-state index < -0.39 is 0 Å². The Hall–Kier alpha value is -1.65. The molecule has 1 aliphatic rings. The molecule has 1 atom stereocenters. The highest BCUT2D eigenvalue weighted by Crippen LogP contribution is 2.25. The molecule has 2 heterocycles. The fraction of sp³-hybridized carbons (Fsp3) is 0.400. The van der Waals surface area contributed by atoms with Crippen molar-refractivity contribution >= 4 is 0 Å². The number of aryl methyl sites for hydroxylation is 2. The van der Waals surface area contributed by atoms with Crippen LogP contribution in [0.4, 0.5) is 0 Å². The topological polar surface area (TPSA) is 49.9 Å². The maximum atomic E-state index is 5.71. The summed E-state index contributed by atoms with van der Waals surface area (Å²) < 4.78 is 5.71. The summed E-state index contributed by atoms with van der Waals surface area (Å²) in [6.45, 7) is 6.70. The molecule has 1 aromatic carbocycles. The van der Waals surface area contributed by atoms with Gasteiger partial charge < -0.3 is 15.0 Å². The number of hydrogen-bond acceptors (Lipinski definition) is 3. The van der Waals surface area contributed by atoms with E-state index in [1.54, 1.807) is 0 Å². The number of ether oxygens (including phenoxy) is 1. The minimum absolute atomic E-state index is 0.0348. The van der Waals surface area contributed by atoms with Crippen molar-refractivity contribution in [3.05, 3.63) is 41.3 Å². The van der Waals surface area contributed by atoms with Crippen molar-refractivity contribution in [1.29, 1.82) is 0 Å². The molecule has 0 amide bonds. The number of benzene rings is 1. The Balaban J connectivity index is 1.89. The number of nitrogens with one attached hydrogen (secondary N) is 2. The molecule has 0 aliphatic carbocycles. The Bertz CT molecular complexity index is 571. The molecular formula is C15H19N3O. The van der Waals surface area contributed by atoms with E-state index in [4.69, 9.17) is 4.74 Å². The molecule has 0 spiro atoms. The Morgan fingerprint density at radius 2 is 2.21 bits per heavy atom. The second-order valence-electron chi connectivity index (χ2n) is 5.06. The SMILES string of the molecule is Cc1ccc(C)c(-c2cnc(C3CNCCO3)[nH]2)c1. The van der Waals surface area contributed by atoms with Crippen LogP contribution in [-0.2, 0) is 4.74 Å². The average Bonchev–Trinajstić information content (AvgIpc) is 2.92. The lowest BCUT2D eigenvalue weighted by Gasteiger charge is -2.21. The van der Waals surface area contributed by atoms with E-state index in [9.17, 15) is 0 Å². The molecular weight excluding hydrogens is 238 g/mol. The summed E-state index contributed by atoms with van der Waals surface area (Å²) >= 11 is 0. The van der Waals surface area contributed by atoms with Crippen LogP contribution in [0.5, 0.6) is 0 Å². The Morgan fingerprint density at radius 3 is 3.00 bits per heavy atom. The number of morpholine rings is 1. The highest BCUT2D eigenvalue weighted by molar-refractivity contribution is 5.63. The van der Waals surface area contributed by atoms with Gasteiger partial charge in [-0.3, -0.25) is 0 Å². The van der Waals surface area contributed by atoms with Crippen molar-refractivity contribution < 1.29 is 4.74 Å². The molecule has 1 unspecified atom stereocenters. The van der Waals surface area contributed by atoms with Gasteiger partial charge in [0.1, 0.15) is 11.9 Å². The van der Waals surface area contributed by atoms with Gasteiger partial charge in [-0.15, -0.1) is 0 Å². The van der Waals surface area contributed by atoms with Crippen molar-refractivity contribution in [3.8, 4) is 11.3 Å². The zero-order valence-electron chi connectivity index (χ0n) is 11.4. The average molecular weight is 257 g/mol. The first kappa shape index (κ1) is 12.4. The quantitative estimate of drug-likeness (QED) is 0.868. The summed E-state index contributed by atoms with van der Waals surface area (Å²) in [4.78, 5) is 7.86. The van der Waals surface area contributed by atoms with Crippen LogP contribution in [0.1, 0.15) is 23.1 Å². The van der Waals surface area contributed by atoms with E-state index in [1.165, 1.54) is 16.7 Å². The lowest BCUT2D eigenvalue weighted by molar-refractivity contribution is 0.0227. The molecule has 0 radical (unpaired) electrons. The van der Waals surface area contributed by atoms with Gasteiger partial charge in [0.25, 0.3) is 0 Å². The minimum atomic E-state index is 0.0348. The highest BCUT2D eigenvalue weighted by atomic mass is 16.5. The van der Waals surface area contributed by atoms with E-state index in [2.05, 4.69) is 47.3 Å². The fourth-order valence-corrected chi connectivity index (χ4v) is 2.40. The highest BCUT2D eigenvalue weighted by Gasteiger charge is 2.19. The minimum Gasteiger partial charge on any atom is -0.368 e. The second kappa shape index (κ2) is 5.15. The third-order valence-corrected chi connectivity index (χ3v) is 3.51. The van der Waals surface area contributed by atoms with Crippen LogP contribution < -0.4 is 5.32 Å². The van der Waals surface area contributed by atoms with Crippen molar-refractivity contribution in [3.63, 3.8) is 0 Å². The lowest BCUT2D eigenvalue weighted by atomic mass is 10.0. The maximum absolute atomic E-state index is 5.71. The van der Waals surface area contributed by atoms with E-state index in [0.29, 0.717) is 0 Å². The molecule has 1 fully saturated rings. The second-order valence-corrected chi connectivity index (χ2v) is 5.06. The molecule has 3 rings (SSSR count).